The predicted molar refractivity (Wildman–Crippen MR) is 44.0 cm³/mol. The Morgan fingerprint density at radius 3 is 2.73 bits per heavy atom. The summed E-state index contributed by atoms with van der Waals surface area (Å²) in [6.45, 7) is 3.47. The molecular formula is C7H11NO2S. The average Bonchev–Trinajstić information content (AvgIpc) is 1.86. The molecule has 2 unspecified atom stereocenters. The lowest BCUT2D eigenvalue weighted by atomic mass is 9.99. The van der Waals surface area contributed by atoms with E-state index in [0.29, 0.717) is 0 Å². The SMILES string of the molecule is CCC1C(=O)NC1SC(C)=O. The molecule has 1 N–H and O–H groups in total. The fourth-order valence-electron chi connectivity index (χ4n) is 1.08. The van der Waals surface area contributed by atoms with Crippen molar-refractivity contribution in [1.82, 2.24) is 5.32 Å². The Hall–Kier alpha value is -0.510. The lowest BCUT2D eigenvalue weighted by Crippen LogP contribution is -2.56. The fourth-order valence-corrected chi connectivity index (χ4v) is 2.09. The van der Waals surface area contributed by atoms with Gasteiger partial charge in [-0.2, -0.15) is 0 Å². The van der Waals surface area contributed by atoms with Crippen molar-refractivity contribution in [3.05, 3.63) is 0 Å². The summed E-state index contributed by atoms with van der Waals surface area (Å²) in [7, 11) is 0. The first-order chi connectivity index (χ1) is 5.15. The summed E-state index contributed by atoms with van der Waals surface area (Å²) < 4.78 is 0. The van der Waals surface area contributed by atoms with E-state index in [-0.39, 0.29) is 22.3 Å². The predicted octanol–water partition coefficient (Wildman–Crippen LogP) is 0.748. The zero-order valence-corrected chi connectivity index (χ0v) is 7.40. The van der Waals surface area contributed by atoms with Crippen molar-refractivity contribution in [1.29, 1.82) is 0 Å². The monoisotopic (exact) mass is 173 g/mol. The standard InChI is InChI=1S/C7H11NO2S/c1-3-5-6(10)8-7(5)11-4(2)9/h5,7H,3H2,1-2H3,(H,8,10). The zero-order chi connectivity index (χ0) is 8.43. The topological polar surface area (TPSA) is 46.2 Å². The largest absolute Gasteiger partial charge is 0.343 e. The summed E-state index contributed by atoms with van der Waals surface area (Å²) in [6.07, 6.45) is 0.816. The van der Waals surface area contributed by atoms with E-state index in [0.717, 1.165) is 6.42 Å². The van der Waals surface area contributed by atoms with Crippen LogP contribution in [0.1, 0.15) is 20.3 Å². The van der Waals surface area contributed by atoms with Gasteiger partial charge in [0, 0.05) is 6.92 Å². The van der Waals surface area contributed by atoms with Crippen molar-refractivity contribution in [2.75, 3.05) is 0 Å². The van der Waals surface area contributed by atoms with E-state index in [9.17, 15) is 9.59 Å². The van der Waals surface area contributed by atoms with Crippen LogP contribution in [0.3, 0.4) is 0 Å². The highest BCUT2D eigenvalue weighted by Gasteiger charge is 2.38. The number of amides is 1. The van der Waals surface area contributed by atoms with Gasteiger partial charge in [0.05, 0.1) is 11.3 Å². The summed E-state index contributed by atoms with van der Waals surface area (Å²) >= 11 is 1.21. The third-order valence-electron chi connectivity index (χ3n) is 1.72. The van der Waals surface area contributed by atoms with Crippen LogP contribution in [0.5, 0.6) is 0 Å². The first-order valence-corrected chi connectivity index (χ1v) is 4.50. The van der Waals surface area contributed by atoms with E-state index in [2.05, 4.69) is 5.32 Å². The fraction of sp³-hybridized carbons (Fsp3) is 0.714. The molecule has 0 saturated carbocycles. The average molecular weight is 173 g/mol. The molecule has 1 saturated heterocycles. The number of β-lactam (4-membered cyclic amide) rings is 1. The first kappa shape index (κ1) is 8.59. The summed E-state index contributed by atoms with van der Waals surface area (Å²) in [5.41, 5.74) is 0. The van der Waals surface area contributed by atoms with Crippen LogP contribution in [0.15, 0.2) is 0 Å². The van der Waals surface area contributed by atoms with Crippen LogP contribution < -0.4 is 5.32 Å². The summed E-state index contributed by atoms with van der Waals surface area (Å²) in [5.74, 6) is 0.121. The lowest BCUT2D eigenvalue weighted by Gasteiger charge is -2.34. The first-order valence-electron chi connectivity index (χ1n) is 3.62. The van der Waals surface area contributed by atoms with Gasteiger partial charge in [0.15, 0.2) is 5.12 Å². The van der Waals surface area contributed by atoms with Crippen LogP contribution in [0.25, 0.3) is 0 Å². The van der Waals surface area contributed by atoms with Crippen molar-refractivity contribution in [3.8, 4) is 0 Å². The van der Waals surface area contributed by atoms with Gasteiger partial charge in [0.25, 0.3) is 0 Å². The maximum Gasteiger partial charge on any atom is 0.226 e. The molecule has 1 aliphatic heterocycles. The molecule has 3 nitrogen and oxygen atoms in total. The Morgan fingerprint density at radius 2 is 2.36 bits per heavy atom. The highest BCUT2D eigenvalue weighted by atomic mass is 32.2. The maximum absolute atomic E-state index is 10.8. The molecule has 0 aromatic heterocycles. The van der Waals surface area contributed by atoms with Gasteiger partial charge >= 0.3 is 0 Å². The molecule has 1 rings (SSSR count). The van der Waals surface area contributed by atoms with Crippen LogP contribution in [0.2, 0.25) is 0 Å². The lowest BCUT2D eigenvalue weighted by molar-refractivity contribution is -0.132. The van der Waals surface area contributed by atoms with Gasteiger partial charge in [-0.1, -0.05) is 18.7 Å². The summed E-state index contributed by atoms with van der Waals surface area (Å²) in [6, 6.07) is 0. The van der Waals surface area contributed by atoms with Gasteiger partial charge < -0.3 is 5.32 Å². The molecule has 1 aliphatic rings. The number of nitrogens with one attached hydrogen (secondary N) is 1. The Bertz CT molecular complexity index is 193. The quantitative estimate of drug-likeness (QED) is 0.627. The Labute approximate surface area is 69.9 Å². The van der Waals surface area contributed by atoms with Crippen LogP contribution in [0.4, 0.5) is 0 Å². The van der Waals surface area contributed by atoms with E-state index in [1.807, 2.05) is 6.92 Å². The van der Waals surface area contributed by atoms with Gasteiger partial charge in [0.2, 0.25) is 5.91 Å². The Balaban J connectivity index is 2.38. The van der Waals surface area contributed by atoms with Crippen LogP contribution in [-0.4, -0.2) is 16.4 Å². The minimum absolute atomic E-state index is 0.0324. The smallest absolute Gasteiger partial charge is 0.226 e. The zero-order valence-electron chi connectivity index (χ0n) is 6.59. The van der Waals surface area contributed by atoms with Crippen LogP contribution in [-0.2, 0) is 9.59 Å². The second-order valence-corrected chi connectivity index (χ2v) is 3.87. The minimum atomic E-state index is 0.0324. The molecule has 4 heteroatoms. The molecule has 2 atom stereocenters. The van der Waals surface area contributed by atoms with Crippen molar-refractivity contribution in [3.63, 3.8) is 0 Å². The molecule has 1 fully saturated rings. The van der Waals surface area contributed by atoms with E-state index in [1.165, 1.54) is 18.7 Å². The van der Waals surface area contributed by atoms with Crippen LogP contribution >= 0.6 is 11.8 Å². The van der Waals surface area contributed by atoms with Crippen molar-refractivity contribution >= 4 is 22.8 Å². The van der Waals surface area contributed by atoms with Gasteiger partial charge in [-0.25, -0.2) is 0 Å². The van der Waals surface area contributed by atoms with E-state index in [4.69, 9.17) is 0 Å². The van der Waals surface area contributed by atoms with E-state index < -0.39 is 0 Å². The molecule has 0 bridgehead atoms. The number of hydrogen-bond acceptors (Lipinski definition) is 3. The Kier molecular flexibility index (Phi) is 2.54. The highest BCUT2D eigenvalue weighted by Crippen LogP contribution is 2.28. The number of thioether (sulfide) groups is 1. The maximum atomic E-state index is 10.8. The van der Waals surface area contributed by atoms with Crippen molar-refractivity contribution in [2.24, 2.45) is 5.92 Å². The number of carbonyl (C=O) groups is 2. The van der Waals surface area contributed by atoms with E-state index >= 15 is 0 Å². The normalized spacial score (nSPS) is 29.1. The van der Waals surface area contributed by atoms with Crippen LogP contribution in [0, 0.1) is 5.92 Å². The van der Waals surface area contributed by atoms with Gasteiger partial charge in [-0.05, 0) is 6.42 Å². The number of rotatable bonds is 2. The number of hydrogen-bond donors (Lipinski definition) is 1. The molecule has 0 aliphatic carbocycles. The molecule has 1 heterocycles. The second kappa shape index (κ2) is 3.26. The number of carbonyl (C=O) groups excluding carboxylic acids is 2. The molecule has 0 radical (unpaired) electrons. The highest BCUT2D eigenvalue weighted by molar-refractivity contribution is 8.14. The van der Waals surface area contributed by atoms with Crippen molar-refractivity contribution < 1.29 is 9.59 Å². The molecule has 11 heavy (non-hydrogen) atoms. The molecule has 0 aromatic rings. The summed E-state index contributed by atoms with van der Waals surface area (Å²) in [4.78, 5) is 21.4. The van der Waals surface area contributed by atoms with Crippen molar-refractivity contribution in [2.45, 2.75) is 25.6 Å². The minimum Gasteiger partial charge on any atom is -0.343 e. The third-order valence-corrected chi connectivity index (χ3v) is 2.75. The second-order valence-electron chi connectivity index (χ2n) is 2.55. The molecular weight excluding hydrogens is 162 g/mol. The Morgan fingerprint density at radius 1 is 1.73 bits per heavy atom. The van der Waals surface area contributed by atoms with E-state index in [1.54, 1.807) is 0 Å². The van der Waals surface area contributed by atoms with Gasteiger partial charge in [0.1, 0.15) is 0 Å². The van der Waals surface area contributed by atoms with Gasteiger partial charge in [-0.3, -0.25) is 9.59 Å². The van der Waals surface area contributed by atoms with Gasteiger partial charge in [-0.15, -0.1) is 0 Å². The third kappa shape index (κ3) is 1.74. The molecule has 0 aromatic carbocycles. The summed E-state index contributed by atoms with van der Waals surface area (Å²) in [5, 5.41) is 2.77. The molecule has 1 amide bonds. The molecule has 0 spiro atoms. The molecule has 62 valence electrons.